The normalized spacial score (nSPS) is 12.6. The molecule has 0 saturated carbocycles. The Morgan fingerprint density at radius 3 is 2.10 bits per heavy atom. The van der Waals surface area contributed by atoms with Crippen LogP contribution in [0, 0.1) is 12.3 Å². The van der Waals surface area contributed by atoms with Gasteiger partial charge in [-0.25, -0.2) is 0 Å². The van der Waals surface area contributed by atoms with Gasteiger partial charge in [0.15, 0.2) is 0 Å². The van der Waals surface area contributed by atoms with Crippen LogP contribution in [0.1, 0.15) is 58.6 Å². The van der Waals surface area contributed by atoms with Gasteiger partial charge in [0.2, 0.25) is 0 Å². The molecule has 0 aliphatic heterocycles. The molecule has 0 atom stereocenters. The van der Waals surface area contributed by atoms with Gasteiger partial charge in [0, 0.05) is 10.7 Å². The SMILES string of the molecule is CCC(CC)(CBr)COc1ccc(C(C)(C)C)cc1C. The molecule has 0 bridgehead atoms. The molecule has 1 rings (SSSR count). The Kier molecular flexibility index (Phi) is 6.12. The van der Waals surface area contributed by atoms with Gasteiger partial charge < -0.3 is 4.74 Å². The van der Waals surface area contributed by atoms with Gasteiger partial charge in [-0.3, -0.25) is 0 Å². The molecule has 1 nitrogen and oxygen atoms in total. The first-order chi connectivity index (χ1) is 9.28. The summed E-state index contributed by atoms with van der Waals surface area (Å²) in [6.07, 6.45) is 2.27. The standard InChI is InChI=1S/C18H29BrO/c1-7-18(8-2,12-19)13-20-16-10-9-15(11-14(16)3)17(4,5)6/h9-11H,7-8,12-13H2,1-6H3. The Morgan fingerprint density at radius 2 is 1.70 bits per heavy atom. The summed E-state index contributed by atoms with van der Waals surface area (Å²) in [5.41, 5.74) is 3.03. The van der Waals surface area contributed by atoms with Crippen molar-refractivity contribution in [2.24, 2.45) is 5.41 Å². The van der Waals surface area contributed by atoms with Gasteiger partial charge in [-0.2, -0.15) is 0 Å². The fourth-order valence-corrected chi connectivity index (χ4v) is 3.15. The Morgan fingerprint density at radius 1 is 1.10 bits per heavy atom. The second kappa shape index (κ2) is 6.98. The topological polar surface area (TPSA) is 9.23 Å². The summed E-state index contributed by atoms with van der Waals surface area (Å²) in [5.74, 6) is 1.02. The van der Waals surface area contributed by atoms with Crippen molar-refractivity contribution >= 4 is 15.9 Å². The minimum atomic E-state index is 0.190. The van der Waals surface area contributed by atoms with Gasteiger partial charge in [0.25, 0.3) is 0 Å². The highest BCUT2D eigenvalue weighted by atomic mass is 79.9. The summed E-state index contributed by atoms with van der Waals surface area (Å²) >= 11 is 3.64. The molecule has 0 saturated heterocycles. The van der Waals surface area contributed by atoms with E-state index >= 15 is 0 Å². The van der Waals surface area contributed by atoms with Crippen molar-refractivity contribution in [3.05, 3.63) is 29.3 Å². The molecular weight excluding hydrogens is 312 g/mol. The quantitative estimate of drug-likeness (QED) is 0.588. The van der Waals surface area contributed by atoms with Crippen LogP contribution in [0.3, 0.4) is 0 Å². The Balaban J connectivity index is 2.84. The molecule has 0 N–H and O–H groups in total. The fourth-order valence-electron chi connectivity index (χ4n) is 2.19. The van der Waals surface area contributed by atoms with Crippen molar-refractivity contribution in [1.29, 1.82) is 0 Å². The molecule has 0 heterocycles. The molecule has 0 unspecified atom stereocenters. The molecule has 0 radical (unpaired) electrons. The average Bonchev–Trinajstić information content (AvgIpc) is 2.41. The molecule has 0 aromatic heterocycles. The van der Waals surface area contributed by atoms with Gasteiger partial charge >= 0.3 is 0 Å². The van der Waals surface area contributed by atoms with Crippen LogP contribution in [0.2, 0.25) is 0 Å². The summed E-state index contributed by atoms with van der Waals surface area (Å²) in [5, 5.41) is 0.992. The van der Waals surface area contributed by atoms with Crippen LogP contribution in [-0.4, -0.2) is 11.9 Å². The number of ether oxygens (including phenoxy) is 1. The van der Waals surface area contributed by atoms with Crippen LogP contribution in [0.25, 0.3) is 0 Å². The number of aryl methyl sites for hydroxylation is 1. The first kappa shape index (κ1) is 17.6. The third-order valence-corrected chi connectivity index (χ3v) is 5.55. The van der Waals surface area contributed by atoms with E-state index in [2.05, 4.69) is 75.7 Å². The molecule has 0 aliphatic rings. The van der Waals surface area contributed by atoms with Crippen molar-refractivity contribution in [2.45, 2.75) is 59.8 Å². The number of rotatable bonds is 6. The van der Waals surface area contributed by atoms with Crippen LogP contribution in [0.15, 0.2) is 18.2 Å². The van der Waals surface area contributed by atoms with Crippen LogP contribution < -0.4 is 4.74 Å². The Labute approximate surface area is 133 Å². The number of halogens is 1. The molecule has 20 heavy (non-hydrogen) atoms. The predicted molar refractivity (Wildman–Crippen MR) is 92.2 cm³/mol. The third-order valence-electron chi connectivity index (χ3n) is 4.36. The molecule has 114 valence electrons. The zero-order valence-electron chi connectivity index (χ0n) is 13.8. The lowest BCUT2D eigenvalue weighted by Crippen LogP contribution is -2.29. The highest BCUT2D eigenvalue weighted by molar-refractivity contribution is 9.09. The van der Waals surface area contributed by atoms with Crippen molar-refractivity contribution in [2.75, 3.05) is 11.9 Å². The molecule has 0 amide bonds. The predicted octanol–water partition coefficient (Wildman–Crippen LogP) is 5.87. The summed E-state index contributed by atoms with van der Waals surface area (Å²) in [6, 6.07) is 6.57. The number of hydrogen-bond donors (Lipinski definition) is 0. The zero-order valence-corrected chi connectivity index (χ0v) is 15.4. The van der Waals surface area contributed by atoms with Crippen molar-refractivity contribution in [3.8, 4) is 5.75 Å². The summed E-state index contributed by atoms with van der Waals surface area (Å²) in [4.78, 5) is 0. The summed E-state index contributed by atoms with van der Waals surface area (Å²) in [7, 11) is 0. The van der Waals surface area contributed by atoms with Crippen molar-refractivity contribution in [3.63, 3.8) is 0 Å². The zero-order chi connectivity index (χ0) is 15.4. The maximum atomic E-state index is 6.11. The highest BCUT2D eigenvalue weighted by Gasteiger charge is 2.26. The maximum absolute atomic E-state index is 6.11. The molecule has 0 spiro atoms. The maximum Gasteiger partial charge on any atom is 0.122 e. The van der Waals surface area contributed by atoms with Crippen molar-refractivity contribution < 1.29 is 4.74 Å². The monoisotopic (exact) mass is 340 g/mol. The van der Waals surface area contributed by atoms with Gasteiger partial charge in [-0.05, 0) is 42.4 Å². The Bertz CT molecular complexity index is 419. The second-order valence-electron chi connectivity index (χ2n) is 6.86. The third kappa shape index (κ3) is 4.25. The van der Waals surface area contributed by atoms with E-state index < -0.39 is 0 Å². The van der Waals surface area contributed by atoms with Gasteiger partial charge in [0.05, 0.1) is 6.61 Å². The molecule has 1 aromatic rings. The lowest BCUT2D eigenvalue weighted by atomic mass is 9.85. The van der Waals surface area contributed by atoms with Gasteiger partial charge in [0.1, 0.15) is 5.75 Å². The number of benzene rings is 1. The number of alkyl halides is 1. The van der Waals surface area contributed by atoms with Crippen molar-refractivity contribution in [1.82, 2.24) is 0 Å². The van der Waals surface area contributed by atoms with E-state index in [1.165, 1.54) is 11.1 Å². The van der Waals surface area contributed by atoms with Gasteiger partial charge in [-0.15, -0.1) is 0 Å². The lowest BCUT2D eigenvalue weighted by molar-refractivity contribution is 0.157. The van der Waals surface area contributed by atoms with Gasteiger partial charge in [-0.1, -0.05) is 62.7 Å². The minimum Gasteiger partial charge on any atom is -0.493 e. The van der Waals surface area contributed by atoms with Crippen LogP contribution in [-0.2, 0) is 5.41 Å². The first-order valence-corrected chi connectivity index (χ1v) is 8.70. The fraction of sp³-hybridized carbons (Fsp3) is 0.667. The minimum absolute atomic E-state index is 0.190. The molecule has 2 heteroatoms. The second-order valence-corrected chi connectivity index (χ2v) is 7.42. The molecule has 0 aliphatic carbocycles. The van der Waals surface area contributed by atoms with Crippen LogP contribution in [0.5, 0.6) is 5.75 Å². The smallest absolute Gasteiger partial charge is 0.122 e. The van der Waals surface area contributed by atoms with E-state index in [1.54, 1.807) is 0 Å². The van der Waals surface area contributed by atoms with Crippen LogP contribution >= 0.6 is 15.9 Å². The summed E-state index contributed by atoms with van der Waals surface area (Å²) < 4.78 is 6.11. The van der Waals surface area contributed by atoms with E-state index in [4.69, 9.17) is 4.74 Å². The summed E-state index contributed by atoms with van der Waals surface area (Å²) in [6.45, 7) is 14.1. The van der Waals surface area contributed by atoms with E-state index in [-0.39, 0.29) is 10.8 Å². The largest absolute Gasteiger partial charge is 0.493 e. The average molecular weight is 341 g/mol. The molecule has 0 fully saturated rings. The lowest BCUT2D eigenvalue weighted by Gasteiger charge is -2.30. The highest BCUT2D eigenvalue weighted by Crippen LogP contribution is 2.32. The molecule has 1 aromatic carbocycles. The first-order valence-electron chi connectivity index (χ1n) is 7.58. The van der Waals surface area contributed by atoms with E-state index in [0.29, 0.717) is 0 Å². The van der Waals surface area contributed by atoms with Crippen LogP contribution in [0.4, 0.5) is 0 Å². The van der Waals surface area contributed by atoms with E-state index in [1.807, 2.05) is 0 Å². The Hall–Kier alpha value is -0.500. The molecular formula is C18H29BrO. The van der Waals surface area contributed by atoms with E-state index in [9.17, 15) is 0 Å². The van der Waals surface area contributed by atoms with E-state index in [0.717, 1.165) is 30.5 Å². The number of hydrogen-bond acceptors (Lipinski definition) is 1.